The number of carbonyl (C=O) groups is 1. The van der Waals surface area contributed by atoms with E-state index in [-0.39, 0.29) is 17.4 Å². The second-order valence-electron chi connectivity index (χ2n) is 6.89. The maximum atomic E-state index is 12.8. The summed E-state index contributed by atoms with van der Waals surface area (Å²) in [5.74, 6) is 1.49. The average molecular weight is 423 g/mol. The van der Waals surface area contributed by atoms with Gasteiger partial charge in [0.2, 0.25) is 5.91 Å². The summed E-state index contributed by atoms with van der Waals surface area (Å²) in [5, 5.41) is 4.51. The van der Waals surface area contributed by atoms with Crippen LogP contribution in [-0.2, 0) is 27.9 Å². The van der Waals surface area contributed by atoms with E-state index in [1.54, 1.807) is 25.6 Å². The van der Waals surface area contributed by atoms with E-state index in [9.17, 15) is 9.00 Å². The average Bonchev–Trinajstić information content (AvgIpc) is 3.50. The number of hydrogen-bond acceptors (Lipinski definition) is 4. The van der Waals surface area contributed by atoms with E-state index >= 15 is 0 Å². The van der Waals surface area contributed by atoms with Crippen LogP contribution in [0.2, 0.25) is 0 Å². The lowest BCUT2D eigenvalue weighted by molar-refractivity contribution is -0.127. The molecule has 7 nitrogen and oxygen atoms in total. The molecule has 0 bridgehead atoms. The van der Waals surface area contributed by atoms with Gasteiger partial charge in [0.1, 0.15) is 17.3 Å². The molecule has 0 radical (unpaired) electrons. The number of para-hydroxylation sites is 1. The summed E-state index contributed by atoms with van der Waals surface area (Å²) >= 11 is 0. The number of furan rings is 1. The van der Waals surface area contributed by atoms with Crippen molar-refractivity contribution < 1.29 is 13.4 Å². The summed E-state index contributed by atoms with van der Waals surface area (Å²) in [4.78, 5) is 14.0. The third kappa shape index (κ3) is 4.44. The molecular weight excluding hydrogens is 400 g/mol. The Morgan fingerprint density at radius 1 is 1.10 bits per heavy atom. The van der Waals surface area contributed by atoms with Crippen molar-refractivity contribution in [2.24, 2.45) is 0 Å². The monoisotopic (exact) mass is 422 g/mol. The highest BCUT2D eigenvalue weighted by molar-refractivity contribution is 7.84. The van der Waals surface area contributed by atoms with E-state index in [0.29, 0.717) is 12.3 Å². The number of hydrogen-bond donors (Lipinski definition) is 0. The van der Waals surface area contributed by atoms with E-state index in [1.165, 1.54) is 4.90 Å². The van der Waals surface area contributed by atoms with Gasteiger partial charge in [-0.3, -0.25) is 9.00 Å². The van der Waals surface area contributed by atoms with Gasteiger partial charge < -0.3 is 13.9 Å². The lowest BCUT2D eigenvalue weighted by atomic mass is 10.3. The van der Waals surface area contributed by atoms with Gasteiger partial charge in [-0.25, -0.2) is 4.68 Å². The van der Waals surface area contributed by atoms with Crippen molar-refractivity contribution in [2.45, 2.75) is 12.3 Å². The fraction of sp³-hybridized carbons (Fsp3) is 0.182. The molecule has 0 fully saturated rings. The van der Waals surface area contributed by atoms with Crippen LogP contribution in [0.15, 0.2) is 83.9 Å². The highest BCUT2D eigenvalue weighted by atomic mass is 32.2. The molecule has 3 aromatic heterocycles. The molecule has 4 aromatic rings. The van der Waals surface area contributed by atoms with Crippen LogP contribution in [0.5, 0.6) is 0 Å². The first kappa shape index (κ1) is 19.9. The van der Waals surface area contributed by atoms with Crippen molar-refractivity contribution in [3.05, 3.63) is 90.8 Å². The number of nitrogens with zero attached hydrogens (tertiary/aromatic N) is 4. The van der Waals surface area contributed by atoms with Gasteiger partial charge in [0.05, 0.1) is 30.4 Å². The third-order valence-corrected chi connectivity index (χ3v) is 5.87. The van der Waals surface area contributed by atoms with E-state index in [2.05, 4.69) is 5.10 Å². The Morgan fingerprint density at radius 2 is 1.87 bits per heavy atom. The largest absolute Gasteiger partial charge is 0.467 e. The standard InChI is InChI=1S/C22H22N4O3S/c1-24(15-20-10-7-13-29-20)21(27)17-30(28)16-18-14-23-26(19-8-3-2-4-9-19)22(18)25-11-5-6-12-25/h2-14H,15-17H2,1H3/t30-/m0/s1. The smallest absolute Gasteiger partial charge is 0.235 e. The third-order valence-electron chi connectivity index (χ3n) is 4.67. The first-order chi connectivity index (χ1) is 14.6. The maximum absolute atomic E-state index is 12.8. The minimum absolute atomic E-state index is 0.0567. The number of aromatic nitrogens is 3. The molecule has 0 aliphatic rings. The number of benzene rings is 1. The molecule has 0 saturated carbocycles. The molecule has 30 heavy (non-hydrogen) atoms. The summed E-state index contributed by atoms with van der Waals surface area (Å²) < 4.78 is 21.8. The zero-order valence-corrected chi connectivity index (χ0v) is 17.4. The zero-order valence-electron chi connectivity index (χ0n) is 16.5. The molecule has 0 N–H and O–H groups in total. The normalized spacial score (nSPS) is 12.0. The van der Waals surface area contributed by atoms with Gasteiger partial charge in [-0.05, 0) is 36.4 Å². The van der Waals surface area contributed by atoms with Crippen LogP contribution in [-0.4, -0.2) is 42.2 Å². The molecule has 0 unspecified atom stereocenters. The van der Waals surface area contributed by atoms with Crippen LogP contribution >= 0.6 is 0 Å². The van der Waals surface area contributed by atoms with Crippen molar-refractivity contribution in [1.29, 1.82) is 0 Å². The van der Waals surface area contributed by atoms with Crippen LogP contribution in [0.4, 0.5) is 0 Å². The fourth-order valence-electron chi connectivity index (χ4n) is 3.18. The summed E-state index contributed by atoms with van der Waals surface area (Å²) in [6.07, 6.45) is 7.13. The molecule has 0 aliphatic carbocycles. The maximum Gasteiger partial charge on any atom is 0.235 e. The summed E-state index contributed by atoms with van der Waals surface area (Å²) in [5.41, 5.74) is 1.72. The number of amides is 1. The molecule has 0 saturated heterocycles. The Balaban J connectivity index is 1.51. The predicted molar refractivity (Wildman–Crippen MR) is 115 cm³/mol. The lowest BCUT2D eigenvalue weighted by Gasteiger charge is -2.15. The molecule has 0 spiro atoms. The molecule has 4 rings (SSSR count). The van der Waals surface area contributed by atoms with Gasteiger partial charge in [0.15, 0.2) is 0 Å². The molecule has 0 aliphatic heterocycles. The Morgan fingerprint density at radius 3 is 2.57 bits per heavy atom. The van der Waals surface area contributed by atoms with Crippen molar-refractivity contribution in [3.8, 4) is 11.5 Å². The molecular formula is C22H22N4O3S. The molecule has 154 valence electrons. The highest BCUT2D eigenvalue weighted by Gasteiger charge is 2.19. The first-order valence-corrected chi connectivity index (χ1v) is 11.0. The minimum Gasteiger partial charge on any atom is -0.467 e. The summed E-state index contributed by atoms with van der Waals surface area (Å²) in [6, 6.07) is 17.2. The van der Waals surface area contributed by atoms with Crippen molar-refractivity contribution in [2.75, 3.05) is 12.8 Å². The summed E-state index contributed by atoms with van der Waals surface area (Å²) in [6.45, 7) is 0.351. The van der Waals surface area contributed by atoms with Gasteiger partial charge in [0, 0.05) is 35.8 Å². The Hall–Kier alpha value is -3.39. The minimum atomic E-state index is -1.37. The van der Waals surface area contributed by atoms with E-state index in [1.807, 2.05) is 70.2 Å². The molecule has 8 heteroatoms. The van der Waals surface area contributed by atoms with Crippen LogP contribution in [0.1, 0.15) is 11.3 Å². The molecule has 1 aromatic carbocycles. The second kappa shape index (κ2) is 8.96. The van der Waals surface area contributed by atoms with Crippen molar-refractivity contribution in [1.82, 2.24) is 19.2 Å². The van der Waals surface area contributed by atoms with E-state index in [0.717, 1.165) is 17.1 Å². The van der Waals surface area contributed by atoms with Gasteiger partial charge in [0.25, 0.3) is 0 Å². The molecule has 3 heterocycles. The summed E-state index contributed by atoms with van der Waals surface area (Å²) in [7, 11) is 0.308. The Kier molecular flexibility index (Phi) is 5.94. The van der Waals surface area contributed by atoms with Crippen LogP contribution in [0, 0.1) is 0 Å². The molecule has 1 atom stereocenters. The topological polar surface area (TPSA) is 73.3 Å². The van der Waals surface area contributed by atoms with Crippen LogP contribution < -0.4 is 0 Å². The van der Waals surface area contributed by atoms with Gasteiger partial charge in [-0.2, -0.15) is 5.10 Å². The fourth-order valence-corrected chi connectivity index (χ4v) is 4.33. The van der Waals surface area contributed by atoms with Crippen LogP contribution in [0.25, 0.3) is 11.5 Å². The van der Waals surface area contributed by atoms with Crippen molar-refractivity contribution >= 4 is 16.7 Å². The van der Waals surface area contributed by atoms with Gasteiger partial charge in [-0.1, -0.05) is 18.2 Å². The van der Waals surface area contributed by atoms with Gasteiger partial charge in [-0.15, -0.1) is 0 Å². The molecule has 1 amide bonds. The number of carbonyl (C=O) groups excluding carboxylic acids is 1. The SMILES string of the molecule is CN(Cc1ccco1)C(=O)C[S@@](=O)Cc1cnn(-c2ccccc2)c1-n1cccc1. The van der Waals surface area contributed by atoms with E-state index in [4.69, 9.17) is 4.42 Å². The van der Waals surface area contributed by atoms with Crippen LogP contribution in [0.3, 0.4) is 0 Å². The first-order valence-electron chi connectivity index (χ1n) is 9.49. The van der Waals surface area contributed by atoms with Gasteiger partial charge >= 0.3 is 0 Å². The second-order valence-corrected chi connectivity index (χ2v) is 8.35. The Labute approximate surface area is 177 Å². The van der Waals surface area contributed by atoms with Crippen molar-refractivity contribution in [3.63, 3.8) is 0 Å². The highest BCUT2D eigenvalue weighted by Crippen LogP contribution is 2.21. The predicted octanol–water partition coefficient (Wildman–Crippen LogP) is 3.16. The number of rotatable bonds is 8. The quantitative estimate of drug-likeness (QED) is 0.437. The zero-order chi connectivity index (χ0) is 20.9. The van der Waals surface area contributed by atoms with E-state index < -0.39 is 10.8 Å². The lowest BCUT2D eigenvalue weighted by Crippen LogP contribution is -2.30. The Bertz CT molecular complexity index is 1120.